The minimum absolute atomic E-state index is 0.527. The van der Waals surface area contributed by atoms with Crippen molar-refractivity contribution < 1.29 is 0 Å². The van der Waals surface area contributed by atoms with E-state index in [0.29, 0.717) is 5.71 Å². The number of allylic oxidation sites excluding steroid dienone is 1. The second-order valence-electron chi connectivity index (χ2n) is 2.68. The highest BCUT2D eigenvalue weighted by Gasteiger charge is 2.15. The smallest absolute Gasteiger partial charge is 0.129 e. The van der Waals surface area contributed by atoms with E-state index in [2.05, 4.69) is 16.6 Å². The molecule has 11 heavy (non-hydrogen) atoms. The highest BCUT2D eigenvalue weighted by atomic mass is 15.2. The van der Waals surface area contributed by atoms with Crippen molar-refractivity contribution in [3.63, 3.8) is 0 Å². The number of rotatable bonds is 3. The van der Waals surface area contributed by atoms with Crippen LogP contribution in [0.2, 0.25) is 0 Å². The third kappa shape index (κ3) is 1.90. The van der Waals surface area contributed by atoms with Gasteiger partial charge in [0.1, 0.15) is 5.82 Å². The van der Waals surface area contributed by atoms with E-state index in [-0.39, 0.29) is 0 Å². The van der Waals surface area contributed by atoms with E-state index < -0.39 is 0 Å². The summed E-state index contributed by atoms with van der Waals surface area (Å²) in [6.07, 6.45) is 2.97. The molecule has 0 aliphatic carbocycles. The van der Waals surface area contributed by atoms with Crippen molar-refractivity contribution in [3.05, 3.63) is 11.9 Å². The van der Waals surface area contributed by atoms with Crippen LogP contribution in [0.5, 0.6) is 0 Å². The van der Waals surface area contributed by atoms with Crippen LogP contribution in [0.3, 0.4) is 0 Å². The van der Waals surface area contributed by atoms with Gasteiger partial charge in [0, 0.05) is 24.9 Å². The van der Waals surface area contributed by atoms with Crippen LogP contribution in [0.4, 0.5) is 0 Å². The van der Waals surface area contributed by atoms with Crippen molar-refractivity contribution in [1.29, 1.82) is 5.41 Å². The highest BCUT2D eigenvalue weighted by Crippen LogP contribution is 2.14. The maximum absolute atomic E-state index is 7.23. The van der Waals surface area contributed by atoms with Crippen LogP contribution in [0.15, 0.2) is 16.9 Å². The zero-order valence-corrected chi connectivity index (χ0v) is 6.80. The molecule has 0 unspecified atom stereocenters. The van der Waals surface area contributed by atoms with Gasteiger partial charge in [-0.3, -0.25) is 0 Å². The molecule has 0 amide bonds. The van der Waals surface area contributed by atoms with Gasteiger partial charge in [0.15, 0.2) is 0 Å². The first-order valence-corrected chi connectivity index (χ1v) is 3.72. The molecule has 1 rings (SSSR count). The molecule has 0 aromatic rings. The average molecular weight is 151 g/mol. The Balaban J connectivity index is 2.60. The quantitative estimate of drug-likeness (QED) is 0.606. The zero-order chi connectivity index (χ0) is 8.27. The Morgan fingerprint density at radius 1 is 1.64 bits per heavy atom. The molecule has 0 aromatic carbocycles. The lowest BCUT2D eigenvalue weighted by Gasteiger charge is -2.32. The molecule has 0 radical (unpaired) electrons. The summed E-state index contributed by atoms with van der Waals surface area (Å²) in [4.78, 5) is 5.96. The van der Waals surface area contributed by atoms with Gasteiger partial charge in [-0.25, -0.2) is 4.99 Å². The van der Waals surface area contributed by atoms with Gasteiger partial charge in [0.05, 0.1) is 0 Å². The normalized spacial score (nSPS) is 17.5. The Bertz CT molecular complexity index is 201. The maximum Gasteiger partial charge on any atom is 0.129 e. The number of hydrogen-bond acceptors (Lipinski definition) is 3. The monoisotopic (exact) mass is 151 g/mol. The molecule has 0 saturated carbocycles. The number of nitrogens with zero attached hydrogens (tertiary/aromatic N) is 2. The molecule has 1 N–H and O–H groups in total. The molecule has 1 aliphatic heterocycles. The molecule has 0 aromatic heterocycles. The number of hydrogen-bond donors (Lipinski definition) is 1. The molecular weight excluding hydrogens is 138 g/mol. The molecule has 1 fully saturated rings. The zero-order valence-electron chi connectivity index (χ0n) is 6.80. The fraction of sp³-hybridized carbons (Fsp3) is 0.500. The topological polar surface area (TPSA) is 39.5 Å². The molecule has 3 nitrogen and oxygen atoms in total. The van der Waals surface area contributed by atoms with Gasteiger partial charge in [-0.15, -0.1) is 0 Å². The van der Waals surface area contributed by atoms with E-state index in [9.17, 15) is 0 Å². The van der Waals surface area contributed by atoms with Crippen LogP contribution >= 0.6 is 0 Å². The first-order chi connectivity index (χ1) is 5.24. The van der Waals surface area contributed by atoms with Crippen molar-refractivity contribution in [3.8, 4) is 0 Å². The Morgan fingerprint density at radius 2 is 2.27 bits per heavy atom. The molecule has 3 heteroatoms. The van der Waals surface area contributed by atoms with E-state index >= 15 is 0 Å². The molecule has 0 bridgehead atoms. The van der Waals surface area contributed by atoms with Crippen molar-refractivity contribution >= 4 is 12.4 Å². The van der Waals surface area contributed by atoms with Gasteiger partial charge in [-0.1, -0.05) is 0 Å². The predicted molar refractivity (Wildman–Crippen MR) is 47.2 cm³/mol. The fourth-order valence-electron chi connectivity index (χ4n) is 0.976. The molecule has 1 heterocycles. The van der Waals surface area contributed by atoms with E-state index in [4.69, 9.17) is 5.41 Å². The lowest BCUT2D eigenvalue weighted by atomic mass is 10.2. The largest absolute Gasteiger partial charge is 0.356 e. The molecule has 0 spiro atoms. The Morgan fingerprint density at radius 3 is 2.55 bits per heavy atom. The first-order valence-electron chi connectivity index (χ1n) is 3.72. The fourth-order valence-corrected chi connectivity index (χ4v) is 0.976. The summed E-state index contributed by atoms with van der Waals surface area (Å²) in [7, 11) is 0. The average Bonchev–Trinajstić information content (AvgIpc) is 1.81. The van der Waals surface area contributed by atoms with Gasteiger partial charge < -0.3 is 10.3 Å². The third-order valence-electron chi connectivity index (χ3n) is 1.69. The second-order valence-corrected chi connectivity index (χ2v) is 2.68. The van der Waals surface area contributed by atoms with E-state index in [1.807, 2.05) is 0 Å². The minimum atomic E-state index is 0.527. The molecule has 60 valence electrons. The van der Waals surface area contributed by atoms with Gasteiger partial charge >= 0.3 is 0 Å². The number of likely N-dealkylation sites (tertiary alicyclic amines) is 1. The van der Waals surface area contributed by atoms with E-state index in [1.165, 1.54) is 6.42 Å². The first kappa shape index (κ1) is 7.98. The van der Waals surface area contributed by atoms with Gasteiger partial charge in [-0.05, 0) is 20.1 Å². The second kappa shape index (κ2) is 3.32. The maximum atomic E-state index is 7.23. The summed E-state index contributed by atoms with van der Waals surface area (Å²) in [5, 5.41) is 7.23. The molecular formula is C8H13N3. The van der Waals surface area contributed by atoms with E-state index in [0.717, 1.165) is 18.9 Å². The molecule has 1 aliphatic rings. The molecule has 0 atom stereocenters. The van der Waals surface area contributed by atoms with Gasteiger partial charge in [-0.2, -0.15) is 0 Å². The predicted octanol–water partition coefficient (Wildman–Crippen LogP) is 1.27. The van der Waals surface area contributed by atoms with Crippen molar-refractivity contribution in [1.82, 2.24) is 4.90 Å². The summed E-state index contributed by atoms with van der Waals surface area (Å²) in [5.41, 5.74) is 0.527. The Kier molecular flexibility index (Phi) is 2.41. The van der Waals surface area contributed by atoms with Crippen LogP contribution in [0.1, 0.15) is 13.3 Å². The summed E-state index contributed by atoms with van der Waals surface area (Å²) in [5.74, 6) is 0.837. The van der Waals surface area contributed by atoms with E-state index in [1.54, 1.807) is 13.0 Å². The highest BCUT2D eigenvalue weighted by molar-refractivity contribution is 5.90. The summed E-state index contributed by atoms with van der Waals surface area (Å²) < 4.78 is 0. The lowest BCUT2D eigenvalue weighted by Crippen LogP contribution is -2.35. The van der Waals surface area contributed by atoms with Crippen LogP contribution in [0.25, 0.3) is 0 Å². The summed E-state index contributed by atoms with van der Waals surface area (Å²) >= 11 is 0. The van der Waals surface area contributed by atoms with Gasteiger partial charge in [0.2, 0.25) is 0 Å². The lowest BCUT2D eigenvalue weighted by molar-refractivity contribution is 0.237. The Labute approximate surface area is 66.9 Å². The van der Waals surface area contributed by atoms with Crippen LogP contribution in [0, 0.1) is 5.41 Å². The summed E-state index contributed by atoms with van der Waals surface area (Å²) in [6, 6.07) is 0. The van der Waals surface area contributed by atoms with Crippen LogP contribution in [-0.4, -0.2) is 30.4 Å². The Hall–Kier alpha value is -1.12. The van der Waals surface area contributed by atoms with Crippen molar-refractivity contribution in [2.24, 2.45) is 4.99 Å². The third-order valence-corrected chi connectivity index (χ3v) is 1.69. The SMILES string of the molecule is C=N/C(=C\C(C)=N)N1CCC1. The minimum Gasteiger partial charge on any atom is -0.356 e. The molecule has 1 saturated heterocycles. The summed E-state index contributed by atoms with van der Waals surface area (Å²) in [6.45, 7) is 7.31. The number of nitrogens with one attached hydrogen (secondary N) is 1. The number of aliphatic imine (C=N–C) groups is 1. The van der Waals surface area contributed by atoms with Gasteiger partial charge in [0.25, 0.3) is 0 Å². The van der Waals surface area contributed by atoms with Crippen LogP contribution < -0.4 is 0 Å². The standard InChI is InChI=1S/C8H13N3/c1-7(9)6-8(10-2)11-4-3-5-11/h6,9H,2-5H2,1H3/b8-6+,9-7?. The van der Waals surface area contributed by atoms with Crippen molar-refractivity contribution in [2.45, 2.75) is 13.3 Å². The van der Waals surface area contributed by atoms with Crippen molar-refractivity contribution in [2.75, 3.05) is 13.1 Å². The van der Waals surface area contributed by atoms with Crippen LogP contribution in [-0.2, 0) is 0 Å².